The van der Waals surface area contributed by atoms with Crippen LogP contribution in [-0.2, 0) is 22.3 Å². The quantitative estimate of drug-likeness (QED) is 0.688. The Morgan fingerprint density at radius 1 is 1.27 bits per heavy atom. The van der Waals surface area contributed by atoms with Crippen LogP contribution in [0.1, 0.15) is 34.7 Å². The number of fused-ring (bicyclic) bond motifs is 1. The van der Waals surface area contributed by atoms with Crippen LogP contribution in [0.5, 0.6) is 0 Å². The van der Waals surface area contributed by atoms with Gasteiger partial charge in [0, 0.05) is 30.7 Å². The van der Waals surface area contributed by atoms with E-state index in [4.69, 9.17) is 4.74 Å². The summed E-state index contributed by atoms with van der Waals surface area (Å²) in [6.07, 6.45) is -4.93. The number of aromatic nitrogens is 2. The number of rotatable bonds is 4. The molecular formula is C20H17F5N4O4. The zero-order valence-corrected chi connectivity index (χ0v) is 16.9. The van der Waals surface area contributed by atoms with E-state index in [0.717, 1.165) is 0 Å². The first-order chi connectivity index (χ1) is 15.5. The lowest BCUT2D eigenvalue weighted by molar-refractivity contribution is -0.159. The SMILES string of the molecule is O=C(N[C@H]1CCOC[C@@H]1N1Cc2ccc(-c3noc(C(F)(F)F)n3)cc2C1=O)[C@H]1CC1(F)F. The second kappa shape index (κ2) is 7.47. The summed E-state index contributed by atoms with van der Waals surface area (Å²) < 4.78 is 74.4. The van der Waals surface area contributed by atoms with Crippen molar-refractivity contribution in [2.45, 2.75) is 43.6 Å². The Morgan fingerprint density at radius 3 is 2.70 bits per heavy atom. The minimum Gasteiger partial charge on any atom is -0.379 e. The van der Waals surface area contributed by atoms with Gasteiger partial charge in [-0.2, -0.15) is 18.2 Å². The van der Waals surface area contributed by atoms with Gasteiger partial charge in [0.05, 0.1) is 18.7 Å². The van der Waals surface area contributed by atoms with Crippen molar-refractivity contribution in [2.24, 2.45) is 5.92 Å². The second-order valence-electron chi connectivity index (χ2n) is 8.29. The number of amides is 2. The largest absolute Gasteiger partial charge is 0.471 e. The first-order valence-corrected chi connectivity index (χ1v) is 10.2. The molecule has 0 spiro atoms. The minimum absolute atomic E-state index is 0.110. The fraction of sp³-hybridized carbons (Fsp3) is 0.500. The van der Waals surface area contributed by atoms with Crippen LogP contribution >= 0.6 is 0 Å². The highest BCUT2D eigenvalue weighted by atomic mass is 19.4. The summed E-state index contributed by atoms with van der Waals surface area (Å²) in [6, 6.07) is 3.29. The van der Waals surface area contributed by atoms with Gasteiger partial charge in [-0.15, -0.1) is 0 Å². The number of carbonyl (C=O) groups is 2. The summed E-state index contributed by atoms with van der Waals surface area (Å²) in [5, 5.41) is 5.96. The average Bonchev–Trinajstić information content (AvgIpc) is 3.09. The smallest absolute Gasteiger partial charge is 0.379 e. The van der Waals surface area contributed by atoms with E-state index < -0.39 is 54.2 Å². The van der Waals surface area contributed by atoms with Crippen LogP contribution in [0.4, 0.5) is 22.0 Å². The van der Waals surface area contributed by atoms with Crippen molar-refractivity contribution in [3.8, 4) is 11.4 Å². The van der Waals surface area contributed by atoms with E-state index in [2.05, 4.69) is 20.0 Å². The molecule has 0 unspecified atom stereocenters. The molecule has 3 atom stereocenters. The number of nitrogens with zero attached hydrogens (tertiary/aromatic N) is 3. The van der Waals surface area contributed by atoms with E-state index >= 15 is 0 Å². The molecule has 2 aliphatic heterocycles. The van der Waals surface area contributed by atoms with E-state index in [0.29, 0.717) is 18.6 Å². The molecule has 33 heavy (non-hydrogen) atoms. The summed E-state index contributed by atoms with van der Waals surface area (Å²) >= 11 is 0. The first-order valence-electron chi connectivity index (χ1n) is 10.2. The highest BCUT2D eigenvalue weighted by Gasteiger charge is 2.61. The molecule has 3 heterocycles. The maximum atomic E-state index is 13.3. The molecule has 1 aliphatic carbocycles. The third kappa shape index (κ3) is 3.94. The lowest BCUT2D eigenvalue weighted by Crippen LogP contribution is -2.57. The molecule has 2 fully saturated rings. The molecule has 0 bridgehead atoms. The number of alkyl halides is 5. The molecule has 2 aromatic rings. The molecule has 1 saturated carbocycles. The van der Waals surface area contributed by atoms with Crippen molar-refractivity contribution in [3.63, 3.8) is 0 Å². The highest BCUT2D eigenvalue weighted by molar-refractivity contribution is 5.99. The van der Waals surface area contributed by atoms with Crippen LogP contribution in [0.2, 0.25) is 0 Å². The lowest BCUT2D eigenvalue weighted by Gasteiger charge is -2.38. The van der Waals surface area contributed by atoms with Gasteiger partial charge in [0.25, 0.3) is 11.8 Å². The summed E-state index contributed by atoms with van der Waals surface area (Å²) in [6.45, 7) is 0.591. The number of nitrogens with one attached hydrogen (secondary N) is 1. The van der Waals surface area contributed by atoms with Gasteiger partial charge >= 0.3 is 12.1 Å². The van der Waals surface area contributed by atoms with E-state index in [-0.39, 0.29) is 30.1 Å². The van der Waals surface area contributed by atoms with Crippen LogP contribution in [0, 0.1) is 5.92 Å². The Kier molecular flexibility index (Phi) is 4.92. The molecule has 1 aromatic carbocycles. The zero-order chi connectivity index (χ0) is 23.5. The number of halogens is 5. The van der Waals surface area contributed by atoms with Crippen LogP contribution < -0.4 is 5.32 Å². The van der Waals surface area contributed by atoms with Crippen LogP contribution in [0.3, 0.4) is 0 Å². The molecule has 8 nitrogen and oxygen atoms in total. The van der Waals surface area contributed by atoms with Gasteiger partial charge in [-0.05, 0) is 18.1 Å². The third-order valence-corrected chi connectivity index (χ3v) is 6.07. The number of hydrogen-bond acceptors (Lipinski definition) is 6. The minimum atomic E-state index is -4.79. The van der Waals surface area contributed by atoms with Gasteiger partial charge in [-0.25, -0.2) is 8.78 Å². The van der Waals surface area contributed by atoms with Crippen molar-refractivity contribution in [1.29, 1.82) is 0 Å². The molecule has 0 radical (unpaired) electrons. The van der Waals surface area contributed by atoms with Crippen molar-refractivity contribution < 1.29 is 40.8 Å². The molecule has 1 saturated heterocycles. The predicted molar refractivity (Wildman–Crippen MR) is 98.8 cm³/mol. The molecule has 1 N–H and O–H groups in total. The van der Waals surface area contributed by atoms with E-state index in [1.165, 1.54) is 17.0 Å². The lowest BCUT2D eigenvalue weighted by atomic mass is 10.0. The normalized spacial score (nSPS) is 26.3. The Bertz CT molecular complexity index is 1120. The standard InChI is InChI=1S/C20H17F5N4O4/c21-19(22)6-12(19)16(30)26-13-3-4-32-8-14(13)29-7-10-2-1-9(5-11(10)17(29)31)15-27-18(33-28-15)20(23,24)25/h1-2,5,12-14H,3-4,6-8H2,(H,26,30)/t12-,13+,14+/m1/s1. The topological polar surface area (TPSA) is 97.6 Å². The second-order valence-corrected chi connectivity index (χ2v) is 8.29. The van der Waals surface area contributed by atoms with Crippen molar-refractivity contribution >= 4 is 11.8 Å². The van der Waals surface area contributed by atoms with Gasteiger partial charge in [0.2, 0.25) is 11.7 Å². The zero-order valence-electron chi connectivity index (χ0n) is 16.9. The number of benzene rings is 1. The molecule has 176 valence electrons. The third-order valence-electron chi connectivity index (χ3n) is 6.07. The maximum Gasteiger partial charge on any atom is 0.471 e. The molecule has 13 heteroatoms. The fourth-order valence-corrected chi connectivity index (χ4v) is 4.17. The van der Waals surface area contributed by atoms with E-state index in [9.17, 15) is 31.5 Å². The van der Waals surface area contributed by atoms with Gasteiger partial charge < -0.3 is 19.5 Å². The summed E-state index contributed by atoms with van der Waals surface area (Å²) in [5.41, 5.74) is 1.03. The van der Waals surface area contributed by atoms with Gasteiger partial charge in [0.1, 0.15) is 5.92 Å². The summed E-state index contributed by atoms with van der Waals surface area (Å²) in [7, 11) is 0. The number of carbonyl (C=O) groups excluding carboxylic acids is 2. The van der Waals surface area contributed by atoms with Crippen molar-refractivity contribution in [3.05, 3.63) is 35.2 Å². The van der Waals surface area contributed by atoms with Crippen molar-refractivity contribution in [2.75, 3.05) is 13.2 Å². The molecule has 2 amide bonds. The first kappa shape index (κ1) is 21.7. The van der Waals surface area contributed by atoms with Gasteiger partial charge in [-0.3, -0.25) is 9.59 Å². The summed E-state index contributed by atoms with van der Waals surface area (Å²) in [4.78, 5) is 30.1. The number of ether oxygens (including phenoxy) is 1. The monoisotopic (exact) mass is 472 g/mol. The Hall–Kier alpha value is -3.09. The average molecular weight is 472 g/mol. The Balaban J connectivity index is 1.34. The Labute approximate surface area is 183 Å². The van der Waals surface area contributed by atoms with Crippen LogP contribution in [-0.4, -0.2) is 58.1 Å². The molecule has 1 aromatic heterocycles. The maximum absolute atomic E-state index is 13.3. The van der Waals surface area contributed by atoms with E-state index in [1.54, 1.807) is 6.07 Å². The van der Waals surface area contributed by atoms with Crippen LogP contribution in [0.25, 0.3) is 11.4 Å². The number of hydrogen-bond donors (Lipinski definition) is 1. The predicted octanol–water partition coefficient (Wildman–Crippen LogP) is 2.64. The molecule has 5 rings (SSSR count). The molecular weight excluding hydrogens is 455 g/mol. The van der Waals surface area contributed by atoms with Crippen molar-refractivity contribution in [1.82, 2.24) is 20.4 Å². The fourth-order valence-electron chi connectivity index (χ4n) is 4.17. The van der Waals surface area contributed by atoms with Gasteiger partial charge in [-0.1, -0.05) is 17.3 Å². The summed E-state index contributed by atoms with van der Waals surface area (Å²) in [5.74, 6) is -7.33. The van der Waals surface area contributed by atoms with E-state index in [1.807, 2.05) is 0 Å². The highest BCUT2D eigenvalue weighted by Crippen LogP contribution is 2.48. The van der Waals surface area contributed by atoms with Crippen LogP contribution in [0.15, 0.2) is 22.7 Å². The van der Waals surface area contributed by atoms with Gasteiger partial charge in [0.15, 0.2) is 0 Å². The molecule has 3 aliphatic rings. The Morgan fingerprint density at radius 2 is 2.03 bits per heavy atom.